The number of hydroxylamine groups is 1. The first kappa shape index (κ1) is 26.6. The van der Waals surface area contributed by atoms with E-state index >= 15 is 0 Å². The Morgan fingerprint density at radius 1 is 0.919 bits per heavy atom. The van der Waals surface area contributed by atoms with Gasteiger partial charge in [-0.05, 0) is 65.9 Å². The van der Waals surface area contributed by atoms with Crippen molar-refractivity contribution in [3.05, 3.63) is 78.4 Å². The predicted octanol–water partition coefficient (Wildman–Crippen LogP) is 3.19. The van der Waals surface area contributed by atoms with Gasteiger partial charge in [0.2, 0.25) is 10.0 Å². The van der Waals surface area contributed by atoms with Crippen LogP contribution in [0.15, 0.2) is 77.7 Å². The minimum absolute atomic E-state index is 0.0881. The minimum Gasteiger partial charge on any atom is -0.497 e. The fourth-order valence-electron chi connectivity index (χ4n) is 4.47. The minimum atomic E-state index is -3.97. The van der Waals surface area contributed by atoms with Gasteiger partial charge in [-0.1, -0.05) is 36.4 Å². The average Bonchev–Trinajstić information content (AvgIpc) is 2.95. The lowest BCUT2D eigenvalue weighted by molar-refractivity contribution is -0.134. The number of benzene rings is 3. The van der Waals surface area contributed by atoms with Crippen molar-refractivity contribution in [3.8, 4) is 22.6 Å². The van der Waals surface area contributed by atoms with Gasteiger partial charge in [-0.15, -0.1) is 0 Å². The van der Waals surface area contributed by atoms with Crippen LogP contribution < -0.4 is 20.3 Å². The molecule has 196 valence electrons. The second-order valence-electron chi connectivity index (χ2n) is 8.81. The van der Waals surface area contributed by atoms with Crippen molar-refractivity contribution in [2.24, 2.45) is 0 Å². The highest BCUT2D eigenvalue weighted by Gasteiger charge is 2.40. The van der Waals surface area contributed by atoms with Gasteiger partial charge in [-0.2, -0.15) is 4.31 Å². The molecule has 1 saturated heterocycles. The lowest BCUT2D eigenvalue weighted by atomic mass is 9.98. The number of hydrogen-bond acceptors (Lipinski definition) is 7. The Labute approximate surface area is 217 Å². The molecule has 0 aliphatic carbocycles. The zero-order chi connectivity index (χ0) is 26.4. The van der Waals surface area contributed by atoms with Gasteiger partial charge in [-0.3, -0.25) is 10.0 Å². The third-order valence-corrected chi connectivity index (χ3v) is 8.53. The second kappa shape index (κ2) is 11.7. The Morgan fingerprint density at radius 2 is 1.46 bits per heavy atom. The van der Waals surface area contributed by atoms with Crippen LogP contribution in [0.5, 0.6) is 11.5 Å². The van der Waals surface area contributed by atoms with Gasteiger partial charge in [0, 0.05) is 19.1 Å². The zero-order valence-electron chi connectivity index (χ0n) is 20.8. The van der Waals surface area contributed by atoms with Gasteiger partial charge in [-0.25, -0.2) is 13.9 Å². The van der Waals surface area contributed by atoms with Crippen molar-refractivity contribution >= 4 is 15.9 Å². The summed E-state index contributed by atoms with van der Waals surface area (Å²) in [6.45, 7) is 0.697. The topological polar surface area (TPSA) is 117 Å². The molecule has 0 radical (unpaired) electrons. The molecule has 1 fully saturated rings. The number of hydrogen-bond donors (Lipinski definition) is 3. The van der Waals surface area contributed by atoms with Gasteiger partial charge < -0.3 is 14.8 Å². The summed E-state index contributed by atoms with van der Waals surface area (Å²) < 4.78 is 38.6. The molecule has 37 heavy (non-hydrogen) atoms. The molecule has 3 aromatic carbocycles. The quantitative estimate of drug-likeness (QED) is 0.290. The molecular weight excluding hydrogens is 494 g/mol. The Morgan fingerprint density at radius 3 is 2.00 bits per heavy atom. The predicted molar refractivity (Wildman–Crippen MR) is 139 cm³/mol. The zero-order valence-corrected chi connectivity index (χ0v) is 21.6. The van der Waals surface area contributed by atoms with Crippen LogP contribution in [-0.4, -0.2) is 56.7 Å². The Bertz CT molecular complexity index is 1300. The second-order valence-corrected chi connectivity index (χ2v) is 10.7. The van der Waals surface area contributed by atoms with Gasteiger partial charge in [0.1, 0.15) is 17.5 Å². The molecule has 0 spiro atoms. The smallest absolute Gasteiger partial charge is 0.261 e. The number of rotatable bonds is 9. The van der Waals surface area contributed by atoms with E-state index in [9.17, 15) is 18.4 Å². The van der Waals surface area contributed by atoms with Crippen molar-refractivity contribution < 1.29 is 27.9 Å². The molecule has 4 rings (SSSR count). The van der Waals surface area contributed by atoms with Crippen LogP contribution in [0.4, 0.5) is 0 Å². The first-order valence-electron chi connectivity index (χ1n) is 11.9. The number of sulfonamides is 1. The van der Waals surface area contributed by atoms with Crippen LogP contribution in [0.2, 0.25) is 0 Å². The number of carbonyl (C=O) groups is 1. The summed E-state index contributed by atoms with van der Waals surface area (Å²) in [5.74, 6) is 0.742. The summed E-state index contributed by atoms with van der Waals surface area (Å²) in [7, 11) is -0.771. The monoisotopic (exact) mass is 525 g/mol. The van der Waals surface area contributed by atoms with E-state index in [0.29, 0.717) is 13.0 Å². The number of carbonyl (C=O) groups excluding carboxylic acids is 1. The normalized spacial score (nSPS) is 18.2. The van der Waals surface area contributed by atoms with E-state index in [-0.39, 0.29) is 23.9 Å². The fraction of sp³-hybridized carbons (Fsp3) is 0.296. The molecule has 3 aromatic rings. The third kappa shape index (κ3) is 6.11. The lowest BCUT2D eigenvalue weighted by Gasteiger charge is -2.37. The molecule has 2 atom stereocenters. The van der Waals surface area contributed by atoms with Crippen LogP contribution in [0, 0.1) is 0 Å². The summed E-state index contributed by atoms with van der Waals surface area (Å²) in [4.78, 5) is 12.6. The highest BCUT2D eigenvalue weighted by atomic mass is 32.2. The average molecular weight is 526 g/mol. The van der Waals surface area contributed by atoms with Gasteiger partial charge >= 0.3 is 0 Å². The van der Waals surface area contributed by atoms with E-state index < -0.39 is 22.0 Å². The number of methoxy groups -OCH3 is 2. The number of piperidine rings is 1. The van der Waals surface area contributed by atoms with Crippen LogP contribution >= 0.6 is 0 Å². The maximum Gasteiger partial charge on any atom is 0.261 e. The van der Waals surface area contributed by atoms with Gasteiger partial charge in [0.05, 0.1) is 19.1 Å². The standard InChI is InChI=1S/C27H31N3O6S/c1-35-23-9-3-19(4-10-23)18-28-22-15-16-30(26(17-22)27(31)29-32)37(33,34)25-13-7-21(8-14-25)20-5-11-24(36-2)12-6-20/h3-14,22,26,28,32H,15-18H2,1-2H3,(H,29,31)/t22-,26-/m1/s1. The van der Waals surface area contributed by atoms with Crippen molar-refractivity contribution in [2.45, 2.75) is 36.4 Å². The van der Waals surface area contributed by atoms with Crippen molar-refractivity contribution in [1.29, 1.82) is 0 Å². The Kier molecular flexibility index (Phi) is 8.45. The molecule has 0 saturated carbocycles. The summed E-state index contributed by atoms with van der Waals surface area (Å²) in [6.07, 6.45) is 0.750. The summed E-state index contributed by atoms with van der Waals surface area (Å²) >= 11 is 0. The molecule has 9 nitrogen and oxygen atoms in total. The van der Waals surface area contributed by atoms with E-state index in [1.165, 1.54) is 16.4 Å². The SMILES string of the molecule is COc1ccc(CN[C@@H]2CCN(S(=O)(=O)c3ccc(-c4ccc(OC)cc4)cc3)[C@@H](C(=O)NO)C2)cc1. The molecule has 3 N–H and O–H groups in total. The van der Waals surface area contributed by atoms with Crippen LogP contribution in [0.25, 0.3) is 11.1 Å². The van der Waals surface area contributed by atoms with Crippen LogP contribution in [0.1, 0.15) is 18.4 Å². The molecule has 1 aliphatic heterocycles. The van der Waals surface area contributed by atoms with Crippen molar-refractivity contribution in [2.75, 3.05) is 20.8 Å². The summed E-state index contributed by atoms with van der Waals surface area (Å²) in [5, 5.41) is 12.7. The van der Waals surface area contributed by atoms with Crippen LogP contribution in [-0.2, 0) is 21.4 Å². The Balaban J connectivity index is 1.47. The molecule has 1 aliphatic rings. The highest BCUT2D eigenvalue weighted by Crippen LogP contribution is 2.29. The molecule has 0 aromatic heterocycles. The van der Waals surface area contributed by atoms with E-state index in [0.717, 1.165) is 28.2 Å². The fourth-order valence-corrected chi connectivity index (χ4v) is 6.09. The maximum absolute atomic E-state index is 13.5. The van der Waals surface area contributed by atoms with Gasteiger partial charge in [0.15, 0.2) is 0 Å². The third-order valence-electron chi connectivity index (χ3n) is 6.60. The first-order chi connectivity index (χ1) is 17.8. The lowest BCUT2D eigenvalue weighted by Crippen LogP contribution is -2.56. The molecule has 0 unspecified atom stereocenters. The largest absolute Gasteiger partial charge is 0.497 e. The van der Waals surface area contributed by atoms with Crippen LogP contribution in [0.3, 0.4) is 0 Å². The summed E-state index contributed by atoms with van der Waals surface area (Å²) in [6, 6.07) is 20.5. The number of ether oxygens (including phenoxy) is 2. The van der Waals surface area contributed by atoms with Gasteiger partial charge in [0.25, 0.3) is 5.91 Å². The number of nitrogens with zero attached hydrogens (tertiary/aromatic N) is 1. The summed E-state index contributed by atoms with van der Waals surface area (Å²) in [5.41, 5.74) is 4.45. The first-order valence-corrected chi connectivity index (χ1v) is 13.4. The Hall–Kier alpha value is -3.44. The van der Waals surface area contributed by atoms with Crippen molar-refractivity contribution in [1.82, 2.24) is 15.1 Å². The maximum atomic E-state index is 13.5. The number of nitrogens with one attached hydrogen (secondary N) is 2. The highest BCUT2D eigenvalue weighted by molar-refractivity contribution is 7.89. The molecule has 10 heteroatoms. The molecule has 1 amide bonds. The van der Waals surface area contributed by atoms with Crippen molar-refractivity contribution in [3.63, 3.8) is 0 Å². The van der Waals surface area contributed by atoms with E-state index in [2.05, 4.69) is 5.32 Å². The van der Waals surface area contributed by atoms with E-state index in [1.54, 1.807) is 31.8 Å². The molecule has 1 heterocycles. The van der Waals surface area contributed by atoms with E-state index in [4.69, 9.17) is 9.47 Å². The van der Waals surface area contributed by atoms with E-state index in [1.807, 2.05) is 48.5 Å². The number of amides is 1. The molecule has 0 bridgehead atoms. The molecular formula is C27H31N3O6S.